The minimum atomic E-state index is -0.0351. The zero-order valence-corrected chi connectivity index (χ0v) is 16.6. The van der Waals surface area contributed by atoms with Crippen LogP contribution in [0.15, 0.2) is 48.5 Å². The molecule has 146 valence electrons. The Morgan fingerprint density at radius 1 is 1.00 bits per heavy atom. The van der Waals surface area contributed by atoms with Gasteiger partial charge < -0.3 is 9.80 Å². The number of hydrogen-bond acceptors (Lipinski definition) is 3. The van der Waals surface area contributed by atoms with Gasteiger partial charge in [-0.2, -0.15) is 0 Å². The minimum absolute atomic E-state index is 0.0128. The standard InChI is InChI=1S/C22H24ClN3O2/c23-19-6-7-20-18(14-19)15-21(27)26(20)16-22(28)25-12-10-24(11-13-25)9-8-17-4-2-1-3-5-17/h1-7,14H,8-13,15-16H2. The maximum atomic E-state index is 12.7. The van der Waals surface area contributed by atoms with E-state index in [0.717, 1.165) is 37.3 Å². The Kier molecular flexibility index (Phi) is 5.64. The summed E-state index contributed by atoms with van der Waals surface area (Å²) < 4.78 is 0. The SMILES string of the molecule is O=C(CN1C(=O)Cc2cc(Cl)ccc21)N1CCN(CCc2ccccc2)CC1. The minimum Gasteiger partial charge on any atom is -0.339 e. The first-order valence-electron chi connectivity index (χ1n) is 9.73. The molecular weight excluding hydrogens is 374 g/mol. The second kappa shape index (κ2) is 8.33. The monoisotopic (exact) mass is 397 g/mol. The van der Waals surface area contributed by atoms with Gasteiger partial charge in [0.1, 0.15) is 6.54 Å². The third kappa shape index (κ3) is 4.21. The van der Waals surface area contributed by atoms with Crippen LogP contribution in [-0.2, 0) is 22.4 Å². The Morgan fingerprint density at radius 3 is 2.50 bits per heavy atom. The molecule has 0 bridgehead atoms. The molecule has 2 aliphatic rings. The molecule has 4 rings (SSSR count). The molecule has 1 fully saturated rings. The van der Waals surface area contributed by atoms with Gasteiger partial charge in [-0.15, -0.1) is 0 Å². The van der Waals surface area contributed by atoms with Crippen LogP contribution in [0.5, 0.6) is 0 Å². The number of nitrogens with zero attached hydrogens (tertiary/aromatic N) is 3. The van der Waals surface area contributed by atoms with Gasteiger partial charge in [0.2, 0.25) is 11.8 Å². The van der Waals surface area contributed by atoms with E-state index in [-0.39, 0.29) is 18.4 Å². The first kappa shape index (κ1) is 19.0. The number of rotatable bonds is 5. The van der Waals surface area contributed by atoms with E-state index in [1.807, 2.05) is 23.1 Å². The van der Waals surface area contributed by atoms with E-state index in [1.54, 1.807) is 11.0 Å². The zero-order chi connectivity index (χ0) is 19.5. The van der Waals surface area contributed by atoms with Crippen molar-refractivity contribution in [1.82, 2.24) is 9.80 Å². The van der Waals surface area contributed by atoms with Gasteiger partial charge in [-0.1, -0.05) is 41.9 Å². The quantitative estimate of drug-likeness (QED) is 0.779. The van der Waals surface area contributed by atoms with Crippen LogP contribution >= 0.6 is 11.6 Å². The third-order valence-electron chi connectivity index (χ3n) is 5.55. The number of halogens is 1. The van der Waals surface area contributed by atoms with Gasteiger partial charge in [-0.05, 0) is 35.7 Å². The van der Waals surface area contributed by atoms with Crippen molar-refractivity contribution in [3.05, 3.63) is 64.7 Å². The van der Waals surface area contributed by atoms with Crippen LogP contribution in [0.2, 0.25) is 5.02 Å². The fourth-order valence-corrected chi connectivity index (χ4v) is 4.11. The first-order valence-corrected chi connectivity index (χ1v) is 10.1. The average Bonchev–Trinajstić information content (AvgIpc) is 3.01. The van der Waals surface area contributed by atoms with Crippen LogP contribution in [0, 0.1) is 0 Å². The summed E-state index contributed by atoms with van der Waals surface area (Å²) in [5.41, 5.74) is 3.05. The van der Waals surface area contributed by atoms with Crippen molar-refractivity contribution in [2.45, 2.75) is 12.8 Å². The molecule has 0 saturated carbocycles. The molecule has 28 heavy (non-hydrogen) atoms. The molecule has 0 atom stereocenters. The predicted molar refractivity (Wildman–Crippen MR) is 111 cm³/mol. The van der Waals surface area contributed by atoms with Gasteiger partial charge in [-0.25, -0.2) is 0 Å². The molecule has 5 nitrogen and oxygen atoms in total. The van der Waals surface area contributed by atoms with Crippen molar-refractivity contribution in [3.63, 3.8) is 0 Å². The Balaban J connectivity index is 1.28. The molecule has 2 aromatic carbocycles. The molecule has 2 aromatic rings. The van der Waals surface area contributed by atoms with Gasteiger partial charge in [0.15, 0.2) is 0 Å². The summed E-state index contributed by atoms with van der Waals surface area (Å²) in [6.07, 6.45) is 1.34. The number of anilines is 1. The van der Waals surface area contributed by atoms with E-state index in [0.29, 0.717) is 24.5 Å². The molecule has 0 unspecified atom stereocenters. The van der Waals surface area contributed by atoms with Crippen LogP contribution in [-0.4, -0.2) is 60.9 Å². The smallest absolute Gasteiger partial charge is 0.242 e. The van der Waals surface area contributed by atoms with E-state index in [9.17, 15) is 9.59 Å². The molecule has 2 aliphatic heterocycles. The highest BCUT2D eigenvalue weighted by molar-refractivity contribution is 6.31. The summed E-state index contributed by atoms with van der Waals surface area (Å²) in [6, 6.07) is 15.9. The number of carbonyl (C=O) groups is 2. The molecule has 0 N–H and O–H groups in total. The Hall–Kier alpha value is -2.37. The Morgan fingerprint density at radius 2 is 1.75 bits per heavy atom. The third-order valence-corrected chi connectivity index (χ3v) is 5.79. The lowest BCUT2D eigenvalue weighted by molar-refractivity contribution is -0.132. The van der Waals surface area contributed by atoms with Crippen LogP contribution < -0.4 is 4.90 Å². The molecule has 0 aromatic heterocycles. The molecule has 0 radical (unpaired) electrons. The maximum absolute atomic E-state index is 12.7. The van der Waals surface area contributed by atoms with Crippen molar-refractivity contribution < 1.29 is 9.59 Å². The fraction of sp³-hybridized carbons (Fsp3) is 0.364. The van der Waals surface area contributed by atoms with Gasteiger partial charge in [0.05, 0.1) is 6.42 Å². The summed E-state index contributed by atoms with van der Waals surface area (Å²) in [5.74, 6) is -0.0222. The van der Waals surface area contributed by atoms with Gasteiger partial charge in [0.25, 0.3) is 0 Å². The molecule has 0 aliphatic carbocycles. The van der Waals surface area contributed by atoms with Crippen LogP contribution in [0.3, 0.4) is 0 Å². The number of fused-ring (bicyclic) bond motifs is 1. The summed E-state index contributed by atoms with van der Waals surface area (Å²) >= 11 is 6.02. The highest BCUT2D eigenvalue weighted by atomic mass is 35.5. The van der Waals surface area contributed by atoms with Gasteiger partial charge >= 0.3 is 0 Å². The number of carbonyl (C=O) groups excluding carboxylic acids is 2. The van der Waals surface area contributed by atoms with E-state index in [2.05, 4.69) is 29.2 Å². The van der Waals surface area contributed by atoms with Gasteiger partial charge in [0, 0.05) is 43.4 Å². The lowest BCUT2D eigenvalue weighted by atomic mass is 10.1. The zero-order valence-electron chi connectivity index (χ0n) is 15.8. The second-order valence-electron chi connectivity index (χ2n) is 7.39. The predicted octanol–water partition coefficient (Wildman–Crippen LogP) is 2.62. The normalized spacial score (nSPS) is 17.1. The van der Waals surface area contributed by atoms with E-state index in [4.69, 9.17) is 11.6 Å². The maximum Gasteiger partial charge on any atom is 0.242 e. The van der Waals surface area contributed by atoms with Crippen LogP contribution in [0.1, 0.15) is 11.1 Å². The summed E-state index contributed by atoms with van der Waals surface area (Å²) in [6.45, 7) is 4.28. The van der Waals surface area contributed by atoms with Crippen LogP contribution in [0.4, 0.5) is 5.69 Å². The average molecular weight is 398 g/mol. The van der Waals surface area contributed by atoms with Crippen molar-refractivity contribution in [1.29, 1.82) is 0 Å². The summed E-state index contributed by atoms with van der Waals surface area (Å²) in [4.78, 5) is 31.0. The number of amides is 2. The second-order valence-corrected chi connectivity index (χ2v) is 7.82. The van der Waals surface area contributed by atoms with Gasteiger partial charge in [-0.3, -0.25) is 14.5 Å². The van der Waals surface area contributed by atoms with Crippen LogP contribution in [0.25, 0.3) is 0 Å². The number of hydrogen-bond donors (Lipinski definition) is 0. The van der Waals surface area contributed by atoms with Crippen molar-refractivity contribution >= 4 is 29.1 Å². The van der Waals surface area contributed by atoms with E-state index in [1.165, 1.54) is 5.56 Å². The highest BCUT2D eigenvalue weighted by Gasteiger charge is 2.31. The lowest BCUT2D eigenvalue weighted by Crippen LogP contribution is -2.51. The summed E-state index contributed by atoms with van der Waals surface area (Å²) in [5, 5.41) is 0.617. The van der Waals surface area contributed by atoms with Crippen molar-refractivity contribution in [3.8, 4) is 0 Å². The molecule has 0 spiro atoms. The Bertz CT molecular complexity index is 863. The summed E-state index contributed by atoms with van der Waals surface area (Å²) in [7, 11) is 0. The van der Waals surface area contributed by atoms with Crippen molar-refractivity contribution in [2.75, 3.05) is 44.2 Å². The molecule has 1 saturated heterocycles. The largest absolute Gasteiger partial charge is 0.339 e. The fourth-order valence-electron chi connectivity index (χ4n) is 3.91. The number of benzene rings is 2. The molecule has 2 heterocycles. The molecular formula is C22H24ClN3O2. The van der Waals surface area contributed by atoms with E-state index >= 15 is 0 Å². The Labute approximate surface area is 170 Å². The van der Waals surface area contributed by atoms with E-state index < -0.39 is 0 Å². The van der Waals surface area contributed by atoms with Crippen molar-refractivity contribution in [2.24, 2.45) is 0 Å². The number of piperazine rings is 1. The molecule has 6 heteroatoms. The molecule has 2 amide bonds. The highest BCUT2D eigenvalue weighted by Crippen LogP contribution is 2.31. The first-order chi connectivity index (χ1) is 13.6. The lowest BCUT2D eigenvalue weighted by Gasteiger charge is -2.35. The topological polar surface area (TPSA) is 43.9 Å².